The second kappa shape index (κ2) is 5.22. The molecule has 1 aromatic carbocycles. The lowest BCUT2D eigenvalue weighted by molar-refractivity contribution is -0.131. The lowest BCUT2D eigenvalue weighted by Gasteiger charge is -2.20. The molecule has 4 nitrogen and oxygen atoms in total. The lowest BCUT2D eigenvalue weighted by atomic mass is 9.98. The molecule has 17 heavy (non-hydrogen) atoms. The van der Waals surface area contributed by atoms with Crippen LogP contribution in [0.15, 0.2) is 12.1 Å². The number of methoxy groups -OCH3 is 1. The normalized spacial score (nSPS) is 11.2. The molecule has 1 rings (SSSR count). The minimum absolute atomic E-state index is 0.398. The van der Waals surface area contributed by atoms with E-state index in [1.54, 1.807) is 26.0 Å². The van der Waals surface area contributed by atoms with Crippen molar-refractivity contribution in [2.45, 2.75) is 26.4 Å². The molecule has 5 heteroatoms. The molecule has 0 saturated heterocycles. The van der Waals surface area contributed by atoms with E-state index in [1.807, 2.05) is 22.6 Å². The number of esters is 1. The number of hydrogen-bond donors (Lipinski definition) is 1. The smallest absolute Gasteiger partial charge is 0.308 e. The van der Waals surface area contributed by atoms with Crippen molar-refractivity contribution in [2.75, 3.05) is 7.11 Å². The van der Waals surface area contributed by atoms with Gasteiger partial charge in [0.25, 0.3) is 0 Å². The van der Waals surface area contributed by atoms with Crippen LogP contribution in [-0.4, -0.2) is 18.2 Å². The maximum atomic E-state index is 11.0. The topological polar surface area (TPSA) is 55.8 Å². The molecule has 0 aliphatic heterocycles. The third kappa shape index (κ3) is 3.57. The minimum atomic E-state index is -1.02. The van der Waals surface area contributed by atoms with Crippen LogP contribution in [0.4, 0.5) is 0 Å². The quantitative estimate of drug-likeness (QED) is 0.517. The van der Waals surface area contributed by atoms with Gasteiger partial charge in [0.05, 0.1) is 16.3 Å². The molecule has 1 N–H and O–H groups in total. The number of aliphatic hydroxyl groups is 1. The predicted octanol–water partition coefficient (Wildman–Crippen LogP) is 2.45. The molecule has 0 aliphatic rings. The summed E-state index contributed by atoms with van der Waals surface area (Å²) < 4.78 is 11.0. The van der Waals surface area contributed by atoms with E-state index in [-0.39, 0.29) is 0 Å². The van der Waals surface area contributed by atoms with E-state index in [4.69, 9.17) is 9.47 Å². The molecule has 0 heterocycles. The summed E-state index contributed by atoms with van der Waals surface area (Å²) in [6, 6.07) is 3.38. The van der Waals surface area contributed by atoms with Crippen LogP contribution in [0.25, 0.3) is 0 Å². The van der Waals surface area contributed by atoms with Crippen LogP contribution in [0.3, 0.4) is 0 Å². The Hall–Kier alpha value is -0.820. The van der Waals surface area contributed by atoms with Gasteiger partial charge in [0.1, 0.15) is 11.5 Å². The van der Waals surface area contributed by atoms with Gasteiger partial charge < -0.3 is 14.6 Å². The highest BCUT2D eigenvalue weighted by Gasteiger charge is 2.21. The Morgan fingerprint density at radius 2 is 1.88 bits per heavy atom. The molecule has 0 atom stereocenters. The maximum Gasteiger partial charge on any atom is 0.308 e. The summed E-state index contributed by atoms with van der Waals surface area (Å²) in [4.78, 5) is 11.0. The molecule has 0 amide bonds. The largest absolute Gasteiger partial charge is 0.495 e. The van der Waals surface area contributed by atoms with Crippen molar-refractivity contribution < 1.29 is 19.4 Å². The van der Waals surface area contributed by atoms with Crippen LogP contribution in [0, 0.1) is 3.57 Å². The summed E-state index contributed by atoms with van der Waals surface area (Å²) in [7, 11) is 1.53. The molecule has 94 valence electrons. The van der Waals surface area contributed by atoms with Crippen LogP contribution in [-0.2, 0) is 10.4 Å². The highest BCUT2D eigenvalue weighted by molar-refractivity contribution is 14.1. The average Bonchev–Trinajstić information content (AvgIpc) is 2.18. The summed E-state index contributed by atoms with van der Waals surface area (Å²) in [6.07, 6.45) is 0. The summed E-state index contributed by atoms with van der Waals surface area (Å²) in [6.45, 7) is 4.65. The van der Waals surface area contributed by atoms with Crippen molar-refractivity contribution in [1.29, 1.82) is 0 Å². The first-order chi connectivity index (χ1) is 7.75. The molecule has 0 aliphatic carbocycles. The first kappa shape index (κ1) is 14.2. The molecule has 0 bridgehead atoms. The first-order valence-corrected chi connectivity index (χ1v) is 6.12. The Labute approximate surface area is 114 Å². The lowest BCUT2D eigenvalue weighted by Crippen LogP contribution is -2.16. The van der Waals surface area contributed by atoms with Crippen LogP contribution in [0.1, 0.15) is 26.3 Å². The molecule has 0 aromatic heterocycles. The second-order valence-electron chi connectivity index (χ2n) is 4.14. The van der Waals surface area contributed by atoms with Gasteiger partial charge in [-0.25, -0.2) is 0 Å². The monoisotopic (exact) mass is 350 g/mol. The van der Waals surface area contributed by atoms with Gasteiger partial charge in [-0.2, -0.15) is 0 Å². The van der Waals surface area contributed by atoms with Crippen molar-refractivity contribution in [3.8, 4) is 11.5 Å². The van der Waals surface area contributed by atoms with Crippen LogP contribution in [0.5, 0.6) is 11.5 Å². The highest BCUT2D eigenvalue weighted by atomic mass is 127. The van der Waals surface area contributed by atoms with Gasteiger partial charge in [0.2, 0.25) is 0 Å². The summed E-state index contributed by atoms with van der Waals surface area (Å²) in [5, 5.41) is 9.96. The van der Waals surface area contributed by atoms with Crippen molar-refractivity contribution in [2.24, 2.45) is 0 Å². The first-order valence-electron chi connectivity index (χ1n) is 5.04. The zero-order chi connectivity index (χ0) is 13.2. The number of carbonyl (C=O) groups excluding carboxylic acids is 1. The van der Waals surface area contributed by atoms with Crippen LogP contribution >= 0.6 is 22.6 Å². The number of carbonyl (C=O) groups is 1. The Kier molecular flexibility index (Phi) is 4.37. The Balaban J connectivity index is 3.33. The molecular weight excluding hydrogens is 335 g/mol. The SMILES string of the molecule is COc1cc(C(C)(C)O)cc(OC(C)=O)c1I. The van der Waals surface area contributed by atoms with E-state index in [0.29, 0.717) is 20.6 Å². The van der Waals surface area contributed by atoms with E-state index < -0.39 is 11.6 Å². The zero-order valence-corrected chi connectivity index (χ0v) is 12.4. The van der Waals surface area contributed by atoms with E-state index >= 15 is 0 Å². The Morgan fingerprint density at radius 1 is 1.35 bits per heavy atom. The number of ether oxygens (including phenoxy) is 2. The van der Waals surface area contributed by atoms with Crippen molar-refractivity contribution in [1.82, 2.24) is 0 Å². The predicted molar refractivity (Wildman–Crippen MR) is 72.3 cm³/mol. The number of benzene rings is 1. The fourth-order valence-corrected chi connectivity index (χ4v) is 1.94. The van der Waals surface area contributed by atoms with Crippen molar-refractivity contribution >= 4 is 28.6 Å². The minimum Gasteiger partial charge on any atom is -0.495 e. The fraction of sp³-hybridized carbons (Fsp3) is 0.417. The molecular formula is C12H15IO4. The van der Waals surface area contributed by atoms with Crippen molar-refractivity contribution in [3.63, 3.8) is 0 Å². The second-order valence-corrected chi connectivity index (χ2v) is 5.22. The summed E-state index contributed by atoms with van der Waals surface area (Å²) >= 11 is 2.04. The van der Waals surface area contributed by atoms with Gasteiger partial charge in [-0.05, 0) is 54.1 Å². The van der Waals surface area contributed by atoms with Crippen LogP contribution < -0.4 is 9.47 Å². The molecule has 0 fully saturated rings. The van der Waals surface area contributed by atoms with Gasteiger partial charge in [-0.1, -0.05) is 0 Å². The molecule has 0 spiro atoms. The Bertz CT molecular complexity index is 435. The number of halogens is 1. The summed E-state index contributed by atoms with van der Waals surface area (Å²) in [5.74, 6) is 0.564. The maximum absolute atomic E-state index is 11.0. The third-order valence-corrected chi connectivity index (χ3v) is 3.25. The van der Waals surface area contributed by atoms with Gasteiger partial charge in [-0.3, -0.25) is 4.79 Å². The van der Waals surface area contributed by atoms with Gasteiger partial charge >= 0.3 is 5.97 Å². The molecule has 1 aromatic rings. The van der Waals surface area contributed by atoms with E-state index in [1.165, 1.54) is 14.0 Å². The standard InChI is InChI=1S/C12H15IO4/c1-7(14)17-10-6-8(12(2,3)15)5-9(16-4)11(10)13/h5-6,15H,1-4H3. The fourth-order valence-electron chi connectivity index (χ4n) is 1.30. The third-order valence-electron chi connectivity index (χ3n) is 2.19. The molecule has 0 radical (unpaired) electrons. The van der Waals surface area contributed by atoms with E-state index in [2.05, 4.69) is 0 Å². The van der Waals surface area contributed by atoms with Gasteiger partial charge in [0.15, 0.2) is 0 Å². The van der Waals surface area contributed by atoms with Gasteiger partial charge in [-0.15, -0.1) is 0 Å². The van der Waals surface area contributed by atoms with Gasteiger partial charge in [0, 0.05) is 6.92 Å². The number of hydrogen-bond acceptors (Lipinski definition) is 4. The molecule has 0 saturated carbocycles. The van der Waals surface area contributed by atoms with Crippen molar-refractivity contribution in [3.05, 3.63) is 21.3 Å². The van der Waals surface area contributed by atoms with E-state index in [9.17, 15) is 9.90 Å². The Morgan fingerprint density at radius 3 is 2.29 bits per heavy atom. The van der Waals surface area contributed by atoms with Crippen LogP contribution in [0.2, 0.25) is 0 Å². The van der Waals surface area contributed by atoms with E-state index in [0.717, 1.165) is 0 Å². The average molecular weight is 350 g/mol. The molecule has 0 unspecified atom stereocenters. The number of rotatable bonds is 3. The zero-order valence-electron chi connectivity index (χ0n) is 10.2. The highest BCUT2D eigenvalue weighted by Crippen LogP contribution is 2.35. The summed E-state index contributed by atoms with van der Waals surface area (Å²) in [5.41, 5.74) is -0.391.